The minimum Gasteiger partial charge on any atom is -0.382 e. The van der Waals surface area contributed by atoms with Crippen LogP contribution in [0.4, 0.5) is 22.0 Å². The SMILES string of the molecule is CC(C)c1ccc(C(O)C(F)(F)C(F)(F)F)cc1. The zero-order valence-electron chi connectivity index (χ0n) is 9.80. The fourth-order valence-electron chi connectivity index (χ4n) is 1.43. The summed E-state index contributed by atoms with van der Waals surface area (Å²) in [6.45, 7) is 3.71. The van der Waals surface area contributed by atoms with Crippen molar-refractivity contribution < 1.29 is 27.1 Å². The molecular weight excluding hydrogens is 255 g/mol. The number of halogens is 5. The van der Waals surface area contributed by atoms with Crippen LogP contribution in [0.1, 0.15) is 37.0 Å². The number of aliphatic hydroxyl groups excluding tert-OH is 1. The molecule has 1 aromatic carbocycles. The van der Waals surface area contributed by atoms with E-state index in [-0.39, 0.29) is 5.92 Å². The molecule has 1 aromatic rings. The molecule has 1 atom stereocenters. The van der Waals surface area contributed by atoms with E-state index in [9.17, 15) is 22.0 Å². The molecular formula is C12H13F5O. The number of alkyl halides is 5. The fourth-order valence-corrected chi connectivity index (χ4v) is 1.43. The highest BCUT2D eigenvalue weighted by Gasteiger charge is 2.62. The zero-order valence-corrected chi connectivity index (χ0v) is 9.80. The Morgan fingerprint density at radius 3 is 1.61 bits per heavy atom. The lowest BCUT2D eigenvalue weighted by Crippen LogP contribution is -2.42. The number of aliphatic hydroxyl groups is 1. The highest BCUT2D eigenvalue weighted by molar-refractivity contribution is 5.27. The van der Waals surface area contributed by atoms with Crippen LogP contribution in [0.25, 0.3) is 0 Å². The fraction of sp³-hybridized carbons (Fsp3) is 0.500. The maximum Gasteiger partial charge on any atom is 0.456 e. The van der Waals surface area contributed by atoms with E-state index in [2.05, 4.69) is 0 Å². The Hall–Kier alpha value is -1.17. The second-order valence-electron chi connectivity index (χ2n) is 4.34. The summed E-state index contributed by atoms with van der Waals surface area (Å²) in [4.78, 5) is 0. The number of hydrogen-bond acceptors (Lipinski definition) is 1. The predicted molar refractivity (Wildman–Crippen MR) is 56.5 cm³/mol. The van der Waals surface area contributed by atoms with Gasteiger partial charge in [-0.2, -0.15) is 22.0 Å². The van der Waals surface area contributed by atoms with Gasteiger partial charge in [0.1, 0.15) is 0 Å². The largest absolute Gasteiger partial charge is 0.456 e. The first-order valence-electron chi connectivity index (χ1n) is 5.30. The highest BCUT2D eigenvalue weighted by atomic mass is 19.4. The van der Waals surface area contributed by atoms with Crippen LogP contribution in [-0.2, 0) is 0 Å². The van der Waals surface area contributed by atoms with Crippen molar-refractivity contribution in [3.8, 4) is 0 Å². The molecule has 0 aromatic heterocycles. The van der Waals surface area contributed by atoms with Crippen LogP contribution < -0.4 is 0 Å². The average Bonchev–Trinajstić information content (AvgIpc) is 2.26. The van der Waals surface area contributed by atoms with Crippen molar-refractivity contribution in [3.05, 3.63) is 35.4 Å². The predicted octanol–water partition coefficient (Wildman–Crippen LogP) is 4.04. The maximum atomic E-state index is 12.9. The molecule has 18 heavy (non-hydrogen) atoms. The molecule has 102 valence electrons. The normalized spacial score (nSPS) is 14.9. The lowest BCUT2D eigenvalue weighted by atomic mass is 9.97. The Bertz CT molecular complexity index is 394. The molecule has 1 unspecified atom stereocenters. The van der Waals surface area contributed by atoms with Crippen molar-refractivity contribution in [2.75, 3.05) is 0 Å². The van der Waals surface area contributed by atoms with Crippen molar-refractivity contribution in [2.24, 2.45) is 0 Å². The second kappa shape index (κ2) is 4.84. The molecule has 0 fully saturated rings. The van der Waals surface area contributed by atoms with Gasteiger partial charge in [-0.3, -0.25) is 0 Å². The van der Waals surface area contributed by atoms with Gasteiger partial charge < -0.3 is 5.11 Å². The maximum absolute atomic E-state index is 12.9. The van der Waals surface area contributed by atoms with Gasteiger partial charge in [-0.25, -0.2) is 0 Å². The van der Waals surface area contributed by atoms with Crippen molar-refractivity contribution in [3.63, 3.8) is 0 Å². The minimum atomic E-state index is -5.77. The number of benzene rings is 1. The van der Waals surface area contributed by atoms with Gasteiger partial charge in [0.05, 0.1) is 0 Å². The summed E-state index contributed by atoms with van der Waals surface area (Å²) in [6.07, 6.45) is -8.66. The van der Waals surface area contributed by atoms with Crippen molar-refractivity contribution in [2.45, 2.75) is 38.0 Å². The third kappa shape index (κ3) is 2.80. The minimum absolute atomic E-state index is 0.124. The summed E-state index contributed by atoms with van der Waals surface area (Å²) in [5.41, 5.74) is 0.336. The molecule has 0 saturated heterocycles. The van der Waals surface area contributed by atoms with E-state index in [4.69, 9.17) is 5.11 Å². The van der Waals surface area contributed by atoms with E-state index in [0.29, 0.717) is 0 Å². The molecule has 0 aliphatic heterocycles. The average molecular weight is 268 g/mol. The monoisotopic (exact) mass is 268 g/mol. The van der Waals surface area contributed by atoms with Crippen LogP contribution >= 0.6 is 0 Å². The van der Waals surface area contributed by atoms with E-state index in [1.54, 1.807) is 0 Å². The molecule has 0 amide bonds. The Morgan fingerprint density at radius 2 is 1.28 bits per heavy atom. The molecule has 0 radical (unpaired) electrons. The van der Waals surface area contributed by atoms with Gasteiger partial charge in [0, 0.05) is 0 Å². The quantitative estimate of drug-likeness (QED) is 0.820. The van der Waals surface area contributed by atoms with Gasteiger partial charge in [0.2, 0.25) is 0 Å². The lowest BCUT2D eigenvalue weighted by Gasteiger charge is -2.25. The van der Waals surface area contributed by atoms with Gasteiger partial charge in [-0.15, -0.1) is 0 Å². The first-order valence-corrected chi connectivity index (χ1v) is 5.30. The molecule has 0 bridgehead atoms. The van der Waals surface area contributed by atoms with Crippen LogP contribution in [0, 0.1) is 0 Å². The van der Waals surface area contributed by atoms with Gasteiger partial charge >= 0.3 is 12.1 Å². The van der Waals surface area contributed by atoms with Crippen LogP contribution in [0.3, 0.4) is 0 Å². The van der Waals surface area contributed by atoms with Crippen LogP contribution in [0.2, 0.25) is 0 Å². The first kappa shape index (κ1) is 14.9. The van der Waals surface area contributed by atoms with Crippen molar-refractivity contribution in [1.82, 2.24) is 0 Å². The van der Waals surface area contributed by atoms with E-state index < -0.39 is 23.8 Å². The standard InChI is InChI=1S/C12H13F5O/c1-7(2)8-3-5-9(6-4-8)10(18)11(13,14)12(15,16)17/h3-7,10,18H,1-2H3. The molecule has 0 saturated carbocycles. The third-order valence-corrected chi connectivity index (χ3v) is 2.64. The Kier molecular flexibility index (Phi) is 4.00. The van der Waals surface area contributed by atoms with Crippen molar-refractivity contribution in [1.29, 1.82) is 0 Å². The molecule has 1 rings (SSSR count). The second-order valence-corrected chi connectivity index (χ2v) is 4.34. The Labute approximate surface area is 101 Å². The molecule has 0 aliphatic rings. The number of hydrogen-bond donors (Lipinski definition) is 1. The summed E-state index contributed by atoms with van der Waals surface area (Å²) < 4.78 is 62.0. The third-order valence-electron chi connectivity index (χ3n) is 2.64. The number of rotatable bonds is 3. The van der Waals surface area contributed by atoms with Crippen LogP contribution in [-0.4, -0.2) is 17.2 Å². The Morgan fingerprint density at radius 1 is 0.889 bits per heavy atom. The summed E-state index contributed by atoms with van der Waals surface area (Å²) in [5, 5.41) is 9.14. The topological polar surface area (TPSA) is 20.2 Å². The van der Waals surface area contributed by atoms with Gasteiger partial charge in [0.15, 0.2) is 6.10 Å². The molecule has 1 N–H and O–H groups in total. The summed E-state index contributed by atoms with van der Waals surface area (Å²) in [7, 11) is 0. The van der Waals surface area contributed by atoms with E-state index in [1.807, 2.05) is 13.8 Å². The van der Waals surface area contributed by atoms with Gasteiger partial charge in [-0.05, 0) is 17.0 Å². The summed E-state index contributed by atoms with van der Waals surface area (Å²) >= 11 is 0. The van der Waals surface area contributed by atoms with Gasteiger partial charge in [0.25, 0.3) is 0 Å². The highest BCUT2D eigenvalue weighted by Crippen LogP contribution is 2.44. The van der Waals surface area contributed by atoms with E-state index >= 15 is 0 Å². The summed E-state index contributed by atoms with van der Waals surface area (Å²) in [6, 6.07) is 5.02. The Balaban J connectivity index is 3.01. The van der Waals surface area contributed by atoms with Crippen molar-refractivity contribution >= 4 is 0 Å². The lowest BCUT2D eigenvalue weighted by molar-refractivity contribution is -0.315. The summed E-state index contributed by atoms with van der Waals surface area (Å²) in [5.74, 6) is -5.04. The smallest absolute Gasteiger partial charge is 0.382 e. The van der Waals surface area contributed by atoms with E-state index in [1.165, 1.54) is 12.1 Å². The van der Waals surface area contributed by atoms with Gasteiger partial charge in [-0.1, -0.05) is 38.1 Å². The van der Waals surface area contributed by atoms with Crippen LogP contribution in [0.15, 0.2) is 24.3 Å². The van der Waals surface area contributed by atoms with Crippen LogP contribution in [0.5, 0.6) is 0 Å². The molecule has 0 heterocycles. The molecule has 1 nitrogen and oxygen atoms in total. The van der Waals surface area contributed by atoms with E-state index in [0.717, 1.165) is 17.7 Å². The zero-order chi connectivity index (χ0) is 14.1. The first-order chi connectivity index (χ1) is 8.07. The molecule has 6 heteroatoms. The molecule has 0 aliphatic carbocycles. The molecule has 0 spiro atoms.